The molecule has 3 aromatic rings. The number of carbonyl (C=O) groups is 2. The van der Waals surface area contributed by atoms with Crippen molar-refractivity contribution >= 4 is 58.5 Å². The molecule has 0 aliphatic carbocycles. The molecule has 0 aliphatic heterocycles. The van der Waals surface area contributed by atoms with Crippen molar-refractivity contribution in [3.63, 3.8) is 0 Å². The fourth-order valence-corrected chi connectivity index (χ4v) is 4.07. The van der Waals surface area contributed by atoms with Crippen molar-refractivity contribution in [2.45, 2.75) is 33.0 Å². The molecule has 1 aromatic carbocycles. The molecule has 0 spiro atoms. The van der Waals surface area contributed by atoms with Gasteiger partial charge in [-0.1, -0.05) is 11.6 Å². The molecular weight excluding hydrogens is 557 g/mol. The predicted octanol–water partition coefficient (Wildman–Crippen LogP) is -2.01. The maximum Gasteiger partial charge on any atom is 0.277 e. The topological polar surface area (TPSA) is 157 Å². The molecule has 0 saturated heterocycles. The average Bonchev–Trinajstić information content (AvgIpc) is 3.15. The number of nitrogens with two attached hydrogens (primary N) is 2. The van der Waals surface area contributed by atoms with E-state index in [4.69, 9.17) is 27.8 Å². The zero-order chi connectivity index (χ0) is 26.4. The lowest BCUT2D eigenvalue weighted by Crippen LogP contribution is -3.00. The highest BCUT2D eigenvalue weighted by molar-refractivity contribution is 6.31. The van der Waals surface area contributed by atoms with Gasteiger partial charge < -0.3 is 44.1 Å². The Balaban J connectivity index is 0.00000361. The van der Waals surface area contributed by atoms with Gasteiger partial charge in [0.15, 0.2) is 40.1 Å². The molecule has 3 rings (SSSR count). The molecule has 0 saturated carbocycles. The van der Waals surface area contributed by atoms with Crippen molar-refractivity contribution in [2.24, 2.45) is 0 Å². The predicted molar refractivity (Wildman–Crippen MR) is 145 cm³/mol. The van der Waals surface area contributed by atoms with E-state index in [1.54, 1.807) is 19.1 Å². The summed E-state index contributed by atoms with van der Waals surface area (Å²) in [5, 5.41) is 5.81. The Morgan fingerprint density at radius 2 is 1.95 bits per heavy atom. The third-order valence-corrected chi connectivity index (χ3v) is 6.15. The molecule has 38 heavy (non-hydrogen) atoms. The van der Waals surface area contributed by atoms with Gasteiger partial charge in [-0.15, -0.1) is 12.4 Å². The number of benzene rings is 1. The molecule has 2 heterocycles. The van der Waals surface area contributed by atoms with Gasteiger partial charge in [0.1, 0.15) is 12.3 Å². The van der Waals surface area contributed by atoms with E-state index >= 15 is 0 Å². The Labute approximate surface area is 238 Å². The molecular formula is C23H34Cl3N9O3. The Kier molecular flexibility index (Phi) is 12.8. The van der Waals surface area contributed by atoms with Gasteiger partial charge in [-0.05, 0) is 39.1 Å². The standard InChI is InChI=1S/C23H32ClN9O3.2ClH/c1-5-32-16-11-14(36-4)7-8-15(16)33(13-18(34)31(3)10-6-9-27-2)17(32)12-28-23(35)19-21(25)30-22(26)20(24)29-19;;/h7-8,11,27H,5-6,9-10,12-13H2,1-4H3,(H4-,25,26,28,30,35);2*1H. The Morgan fingerprint density at radius 3 is 2.58 bits per heavy atom. The highest BCUT2D eigenvalue weighted by atomic mass is 35.5. The third-order valence-electron chi connectivity index (χ3n) is 5.87. The second kappa shape index (κ2) is 14.8. The number of hydrogen-bond acceptors (Lipinski definition) is 8. The van der Waals surface area contributed by atoms with E-state index in [0.717, 1.165) is 29.8 Å². The number of anilines is 2. The van der Waals surface area contributed by atoms with Crippen LogP contribution < -0.4 is 43.8 Å². The zero-order valence-corrected chi connectivity index (χ0v) is 24.1. The van der Waals surface area contributed by atoms with E-state index in [1.165, 1.54) is 0 Å². The molecule has 2 aromatic heterocycles. The fourth-order valence-electron chi connectivity index (χ4n) is 3.94. The molecule has 210 valence electrons. The summed E-state index contributed by atoms with van der Waals surface area (Å²) in [5.74, 6) is 0.624. The van der Waals surface area contributed by atoms with E-state index in [0.29, 0.717) is 18.8 Å². The van der Waals surface area contributed by atoms with Crippen LogP contribution in [0.4, 0.5) is 11.6 Å². The van der Waals surface area contributed by atoms with Gasteiger partial charge in [0.2, 0.25) is 0 Å². The number of rotatable bonds is 11. The van der Waals surface area contributed by atoms with Crippen LogP contribution >= 0.6 is 24.0 Å². The molecule has 0 radical (unpaired) electrons. The van der Waals surface area contributed by atoms with E-state index in [2.05, 4.69) is 20.6 Å². The minimum Gasteiger partial charge on any atom is -1.00 e. The monoisotopic (exact) mass is 589 g/mol. The van der Waals surface area contributed by atoms with Gasteiger partial charge in [0.25, 0.3) is 17.6 Å². The van der Waals surface area contributed by atoms with Crippen LogP contribution in [-0.2, 0) is 24.4 Å². The minimum atomic E-state index is -0.561. The summed E-state index contributed by atoms with van der Waals surface area (Å²) in [6.45, 7) is 4.24. The highest BCUT2D eigenvalue weighted by Gasteiger charge is 2.28. The van der Waals surface area contributed by atoms with Crippen molar-refractivity contribution in [3.05, 3.63) is 34.9 Å². The quantitative estimate of drug-likeness (QED) is 0.147. The first-order valence-electron chi connectivity index (χ1n) is 11.6. The van der Waals surface area contributed by atoms with Gasteiger partial charge in [0.05, 0.1) is 13.7 Å². The average molecular weight is 591 g/mol. The maximum atomic E-state index is 13.1. The Bertz CT molecular complexity index is 1270. The van der Waals surface area contributed by atoms with Crippen molar-refractivity contribution in [2.75, 3.05) is 45.8 Å². The number of nitrogens with one attached hydrogen (secondary N) is 2. The fraction of sp³-hybridized carbons (Fsp3) is 0.435. The van der Waals surface area contributed by atoms with Crippen molar-refractivity contribution in [1.82, 2.24) is 30.1 Å². The summed E-state index contributed by atoms with van der Waals surface area (Å²) in [5.41, 5.74) is 13.0. The first kappa shape index (κ1) is 33.0. The van der Waals surface area contributed by atoms with E-state index in [-0.39, 0.29) is 66.3 Å². The largest absolute Gasteiger partial charge is 1.00 e. The summed E-state index contributed by atoms with van der Waals surface area (Å²) in [7, 11) is 5.26. The number of aromatic nitrogens is 4. The number of halogens is 3. The van der Waals surface area contributed by atoms with E-state index < -0.39 is 5.91 Å². The van der Waals surface area contributed by atoms with Gasteiger partial charge in [-0.25, -0.2) is 19.1 Å². The van der Waals surface area contributed by atoms with Crippen molar-refractivity contribution in [1.29, 1.82) is 0 Å². The summed E-state index contributed by atoms with van der Waals surface area (Å²) in [6, 6.07) is 5.66. The Hall–Kier alpha value is -3.06. The molecule has 0 atom stereocenters. The molecule has 6 N–H and O–H groups in total. The maximum absolute atomic E-state index is 13.1. The Morgan fingerprint density at radius 1 is 1.24 bits per heavy atom. The number of fused-ring (bicyclic) bond motifs is 1. The number of amides is 2. The van der Waals surface area contributed by atoms with Crippen LogP contribution in [0.5, 0.6) is 5.75 Å². The van der Waals surface area contributed by atoms with Crippen LogP contribution in [0.15, 0.2) is 18.2 Å². The van der Waals surface area contributed by atoms with Crippen LogP contribution in [0.3, 0.4) is 0 Å². The number of likely N-dealkylation sites (N-methyl/N-ethyl adjacent to an activating group) is 1. The number of aryl methyl sites for hydroxylation is 1. The van der Waals surface area contributed by atoms with Crippen molar-refractivity contribution in [3.8, 4) is 5.75 Å². The molecule has 0 fully saturated rings. The summed E-state index contributed by atoms with van der Waals surface area (Å²) < 4.78 is 9.34. The molecule has 12 nitrogen and oxygen atoms in total. The summed E-state index contributed by atoms with van der Waals surface area (Å²) in [6.07, 6.45) is 0.840. The van der Waals surface area contributed by atoms with Crippen LogP contribution in [0.25, 0.3) is 11.0 Å². The highest BCUT2D eigenvalue weighted by Crippen LogP contribution is 2.22. The van der Waals surface area contributed by atoms with E-state index in [9.17, 15) is 9.59 Å². The second-order valence-electron chi connectivity index (χ2n) is 8.19. The number of nitrogen functional groups attached to an aromatic ring is 2. The zero-order valence-electron chi connectivity index (χ0n) is 21.8. The normalized spacial score (nSPS) is 10.4. The number of hydrogen-bond donors (Lipinski definition) is 4. The smallest absolute Gasteiger partial charge is 0.277 e. The van der Waals surface area contributed by atoms with Crippen molar-refractivity contribution < 1.29 is 31.3 Å². The number of carbonyl (C=O) groups excluding carboxylic acids is 2. The van der Waals surface area contributed by atoms with Gasteiger partial charge in [0, 0.05) is 19.7 Å². The molecule has 0 unspecified atom stereocenters. The van der Waals surface area contributed by atoms with Crippen LogP contribution in [0, 0.1) is 0 Å². The molecule has 0 aliphatic rings. The summed E-state index contributed by atoms with van der Waals surface area (Å²) in [4.78, 5) is 35.5. The number of imidazole rings is 1. The third kappa shape index (κ3) is 7.28. The first-order valence-corrected chi connectivity index (χ1v) is 11.9. The van der Waals surface area contributed by atoms with Gasteiger partial charge >= 0.3 is 0 Å². The molecule has 0 bridgehead atoms. The second-order valence-corrected chi connectivity index (χ2v) is 8.55. The number of methoxy groups -OCH3 is 1. The lowest BCUT2D eigenvalue weighted by atomic mass is 10.3. The number of nitrogens with zero attached hydrogens (tertiary/aromatic N) is 5. The van der Waals surface area contributed by atoms with E-state index in [1.807, 2.05) is 41.3 Å². The molecule has 2 amide bonds. The van der Waals surface area contributed by atoms with Gasteiger partial charge in [-0.2, -0.15) is 0 Å². The molecule has 15 heteroatoms. The van der Waals surface area contributed by atoms with Crippen LogP contribution in [-0.4, -0.2) is 65.5 Å². The SMILES string of the molecule is CCn1c(CNC(=O)c2nc(Cl)c(N)nc2N)[n+](CC(=O)N(C)CCCNC)c2ccc(OC)cc21.Cl.[Cl-]. The number of ether oxygens (including phenoxy) is 1. The first-order chi connectivity index (χ1) is 17.2. The van der Waals surface area contributed by atoms with Crippen LogP contribution in [0.2, 0.25) is 5.15 Å². The van der Waals surface area contributed by atoms with Crippen LogP contribution in [0.1, 0.15) is 29.7 Å². The minimum absolute atomic E-state index is 0. The van der Waals surface area contributed by atoms with Gasteiger partial charge in [-0.3, -0.25) is 9.59 Å². The lowest BCUT2D eigenvalue weighted by Gasteiger charge is -2.16. The lowest BCUT2D eigenvalue weighted by molar-refractivity contribution is -0.668. The summed E-state index contributed by atoms with van der Waals surface area (Å²) >= 11 is 5.93.